The van der Waals surface area contributed by atoms with Crippen LogP contribution in [0, 0.1) is 0 Å². The summed E-state index contributed by atoms with van der Waals surface area (Å²) < 4.78 is 5.34. The summed E-state index contributed by atoms with van der Waals surface area (Å²) in [5.41, 5.74) is 0.787. The minimum atomic E-state index is -0.987. The molecule has 2 aliphatic rings. The molecule has 3 amide bonds. The third-order valence-corrected chi connectivity index (χ3v) is 4.16. The molecule has 2 heterocycles. The number of carboxylic acids is 1. The molecule has 0 radical (unpaired) electrons. The summed E-state index contributed by atoms with van der Waals surface area (Å²) in [6.45, 7) is 0.780. The highest BCUT2D eigenvalue weighted by atomic mass is 16.5. The molecule has 126 valence electrons. The van der Waals surface area contributed by atoms with E-state index in [0.717, 1.165) is 4.90 Å². The number of benzene rings is 1. The average Bonchev–Trinajstić information content (AvgIpc) is 2.78. The molecule has 2 aliphatic heterocycles. The molecule has 0 saturated carbocycles. The quantitative estimate of drug-likeness (QED) is 0.795. The van der Waals surface area contributed by atoms with E-state index in [9.17, 15) is 19.2 Å². The van der Waals surface area contributed by atoms with Crippen molar-refractivity contribution in [2.45, 2.75) is 12.5 Å². The van der Waals surface area contributed by atoms with Crippen LogP contribution in [-0.4, -0.2) is 71.4 Å². The minimum Gasteiger partial charge on any atom is -0.481 e. The van der Waals surface area contributed by atoms with E-state index < -0.39 is 18.0 Å². The summed E-state index contributed by atoms with van der Waals surface area (Å²) in [6.07, 6.45) is -0.727. The molecule has 1 aromatic carbocycles. The van der Waals surface area contributed by atoms with Gasteiger partial charge in [-0.15, -0.1) is 0 Å². The molecule has 0 spiro atoms. The van der Waals surface area contributed by atoms with Crippen LogP contribution in [0.25, 0.3) is 0 Å². The van der Waals surface area contributed by atoms with Crippen LogP contribution in [0.4, 0.5) is 0 Å². The van der Waals surface area contributed by atoms with Gasteiger partial charge in [0.1, 0.15) is 0 Å². The standard InChI is InChI=1S/C16H16N2O6/c1-17-15(22)11-3-2-9(6-12(11)16(17)23)14(21)18-4-5-24-10(8-18)7-13(19)20/h2-3,6,10H,4-5,7-8H2,1H3,(H,19,20). The van der Waals surface area contributed by atoms with Gasteiger partial charge in [-0.1, -0.05) is 0 Å². The third kappa shape index (κ3) is 2.76. The number of carbonyl (C=O) groups is 4. The highest BCUT2D eigenvalue weighted by Gasteiger charge is 2.34. The lowest BCUT2D eigenvalue weighted by Gasteiger charge is -2.32. The average molecular weight is 332 g/mol. The fourth-order valence-electron chi connectivity index (χ4n) is 2.90. The maximum Gasteiger partial charge on any atom is 0.306 e. The van der Waals surface area contributed by atoms with Crippen LogP contribution >= 0.6 is 0 Å². The Morgan fingerprint density at radius 1 is 1.25 bits per heavy atom. The second-order valence-electron chi connectivity index (χ2n) is 5.77. The van der Waals surface area contributed by atoms with Gasteiger partial charge in [-0.2, -0.15) is 0 Å². The van der Waals surface area contributed by atoms with Crippen LogP contribution in [0.2, 0.25) is 0 Å². The predicted octanol–water partition coefficient (Wildman–Crippen LogP) is 0.228. The van der Waals surface area contributed by atoms with E-state index >= 15 is 0 Å². The van der Waals surface area contributed by atoms with Crippen molar-refractivity contribution in [1.29, 1.82) is 0 Å². The number of morpholine rings is 1. The summed E-state index contributed by atoms with van der Waals surface area (Å²) in [5, 5.41) is 8.83. The van der Waals surface area contributed by atoms with Crippen LogP contribution < -0.4 is 0 Å². The number of aliphatic carboxylic acids is 1. The Morgan fingerprint density at radius 3 is 2.67 bits per heavy atom. The van der Waals surface area contributed by atoms with Crippen LogP contribution in [0.5, 0.6) is 0 Å². The van der Waals surface area contributed by atoms with Gasteiger partial charge in [0.05, 0.1) is 30.3 Å². The molecule has 1 aromatic rings. The van der Waals surface area contributed by atoms with Gasteiger partial charge >= 0.3 is 5.97 Å². The monoisotopic (exact) mass is 332 g/mol. The lowest BCUT2D eigenvalue weighted by molar-refractivity contribution is -0.141. The second kappa shape index (κ2) is 6.04. The summed E-state index contributed by atoms with van der Waals surface area (Å²) >= 11 is 0. The summed E-state index contributed by atoms with van der Waals surface area (Å²) in [7, 11) is 1.39. The van der Waals surface area contributed by atoms with Gasteiger partial charge in [-0.25, -0.2) is 0 Å². The van der Waals surface area contributed by atoms with Gasteiger partial charge in [-0.05, 0) is 18.2 Å². The molecule has 0 bridgehead atoms. The SMILES string of the molecule is CN1C(=O)c2ccc(C(=O)N3CCOC(CC(=O)O)C3)cc2C1=O. The second-order valence-corrected chi connectivity index (χ2v) is 5.77. The molecule has 1 atom stereocenters. The molecule has 1 unspecified atom stereocenters. The number of amides is 3. The fraction of sp³-hybridized carbons (Fsp3) is 0.375. The van der Waals surface area contributed by atoms with Crippen molar-refractivity contribution in [2.75, 3.05) is 26.7 Å². The molecule has 8 nitrogen and oxygen atoms in total. The molecule has 1 fully saturated rings. The summed E-state index contributed by atoms with van der Waals surface area (Å²) in [4.78, 5) is 49.8. The Hall–Kier alpha value is -2.74. The minimum absolute atomic E-state index is 0.175. The van der Waals surface area contributed by atoms with Crippen LogP contribution in [0.3, 0.4) is 0 Å². The Kier molecular flexibility index (Phi) is 4.06. The van der Waals surface area contributed by atoms with Gasteiger partial charge in [0, 0.05) is 25.7 Å². The molecule has 1 saturated heterocycles. The zero-order valence-corrected chi connectivity index (χ0v) is 13.0. The van der Waals surface area contributed by atoms with E-state index in [1.165, 1.54) is 30.1 Å². The Labute approximate surface area is 137 Å². The fourth-order valence-corrected chi connectivity index (χ4v) is 2.90. The Morgan fingerprint density at radius 2 is 1.96 bits per heavy atom. The summed E-state index contributed by atoms with van der Waals surface area (Å²) in [6, 6.07) is 4.40. The number of hydrogen-bond acceptors (Lipinski definition) is 5. The van der Waals surface area contributed by atoms with E-state index in [1.807, 2.05) is 0 Å². The number of fused-ring (bicyclic) bond motifs is 1. The third-order valence-electron chi connectivity index (χ3n) is 4.16. The molecule has 3 rings (SSSR count). The maximum atomic E-state index is 12.6. The number of carbonyl (C=O) groups excluding carboxylic acids is 3. The van der Waals surface area contributed by atoms with Gasteiger partial charge in [0.25, 0.3) is 17.7 Å². The molecular formula is C16H16N2O6. The predicted molar refractivity (Wildman–Crippen MR) is 80.8 cm³/mol. The lowest BCUT2D eigenvalue weighted by atomic mass is 10.0. The number of rotatable bonds is 3. The molecule has 24 heavy (non-hydrogen) atoms. The van der Waals surface area contributed by atoms with Gasteiger partial charge in [0.2, 0.25) is 0 Å². The zero-order valence-electron chi connectivity index (χ0n) is 13.0. The summed E-state index contributed by atoms with van der Waals surface area (Å²) in [5.74, 6) is -2.12. The van der Waals surface area contributed by atoms with E-state index in [0.29, 0.717) is 12.1 Å². The van der Waals surface area contributed by atoms with Crippen LogP contribution in [0.15, 0.2) is 18.2 Å². The highest BCUT2D eigenvalue weighted by Crippen LogP contribution is 2.23. The molecular weight excluding hydrogens is 316 g/mol. The molecule has 8 heteroatoms. The van der Waals surface area contributed by atoms with E-state index in [2.05, 4.69) is 0 Å². The smallest absolute Gasteiger partial charge is 0.306 e. The van der Waals surface area contributed by atoms with E-state index in [-0.39, 0.29) is 42.5 Å². The zero-order chi connectivity index (χ0) is 17.4. The van der Waals surface area contributed by atoms with Crippen LogP contribution in [0.1, 0.15) is 37.5 Å². The highest BCUT2D eigenvalue weighted by molar-refractivity contribution is 6.21. The van der Waals surface area contributed by atoms with Crippen molar-refractivity contribution in [2.24, 2.45) is 0 Å². The molecule has 1 N–H and O–H groups in total. The number of ether oxygens (including phenoxy) is 1. The lowest BCUT2D eigenvalue weighted by Crippen LogP contribution is -2.46. The van der Waals surface area contributed by atoms with Crippen molar-refractivity contribution in [3.8, 4) is 0 Å². The normalized spacial score (nSPS) is 20.3. The number of hydrogen-bond donors (Lipinski definition) is 1. The largest absolute Gasteiger partial charge is 0.481 e. The van der Waals surface area contributed by atoms with E-state index in [1.54, 1.807) is 0 Å². The first kappa shape index (κ1) is 16.1. The number of carboxylic acid groups (broad SMARTS) is 1. The van der Waals surface area contributed by atoms with Gasteiger partial charge in [0.15, 0.2) is 0 Å². The van der Waals surface area contributed by atoms with Gasteiger partial charge < -0.3 is 14.7 Å². The number of nitrogens with zero attached hydrogens (tertiary/aromatic N) is 2. The Balaban J connectivity index is 1.80. The Bertz CT molecular complexity index is 744. The first-order valence-electron chi connectivity index (χ1n) is 7.47. The molecule has 0 aliphatic carbocycles. The van der Waals surface area contributed by atoms with Crippen molar-refractivity contribution in [3.05, 3.63) is 34.9 Å². The number of imide groups is 1. The van der Waals surface area contributed by atoms with Crippen LogP contribution in [-0.2, 0) is 9.53 Å². The van der Waals surface area contributed by atoms with Crippen molar-refractivity contribution < 1.29 is 29.0 Å². The van der Waals surface area contributed by atoms with Crippen molar-refractivity contribution in [3.63, 3.8) is 0 Å². The van der Waals surface area contributed by atoms with E-state index in [4.69, 9.17) is 9.84 Å². The van der Waals surface area contributed by atoms with Gasteiger partial charge in [-0.3, -0.25) is 24.1 Å². The first-order valence-corrected chi connectivity index (χ1v) is 7.47. The first-order chi connectivity index (χ1) is 11.4. The molecule has 0 aromatic heterocycles. The van der Waals surface area contributed by atoms with Crippen molar-refractivity contribution in [1.82, 2.24) is 9.80 Å². The van der Waals surface area contributed by atoms with Crippen molar-refractivity contribution >= 4 is 23.7 Å². The topological polar surface area (TPSA) is 104 Å². The maximum absolute atomic E-state index is 12.6.